The molecule has 144 heavy (non-hydrogen) atoms. The Balaban J connectivity index is 0.000000110. The van der Waals surface area contributed by atoms with E-state index in [1.165, 1.54) is 160 Å². The molecule has 22 aromatic carbocycles. The van der Waals surface area contributed by atoms with Crippen LogP contribution in [-0.2, 0) is 0 Å². The maximum atomic E-state index is 2.40. The third-order valence-electron chi connectivity index (χ3n) is 27.4. The summed E-state index contributed by atoms with van der Waals surface area (Å²) in [5.41, 5.74) is 23.3. The van der Waals surface area contributed by atoms with Crippen molar-refractivity contribution in [3.63, 3.8) is 0 Å². The van der Waals surface area contributed by atoms with Gasteiger partial charge >= 0.3 is 0 Å². The Morgan fingerprint density at radius 2 is 0.333 bits per heavy atom. The Morgan fingerprint density at radius 1 is 0.125 bits per heavy atom. The van der Waals surface area contributed by atoms with Gasteiger partial charge in [0.15, 0.2) is 0 Å². The number of rotatable bonds is 18. The second-order valence-electron chi connectivity index (χ2n) is 36.3. The summed E-state index contributed by atoms with van der Waals surface area (Å²) in [5.74, 6) is 0. The quantitative estimate of drug-likeness (QED) is 0.0847. The zero-order valence-corrected chi connectivity index (χ0v) is 83.5. The molecule has 0 spiro atoms. The SMILES string of the molecule is Cc1cc(N(c2ccccc2)c2ccc3c(c2)sc2ccccc23)cc2sc3ccc(N(c4ccccc4)c4ccccc4)cc3c12.Cc1cc(N(c2ccccc2)c2ccc3sc4ccccc4c3c2)cc2sc3ccc(N(c4ccccc4)c4ccccc4)cc3c12.c1ccc(N(c2ccccc2)c2ccc3sc4cc(N(c5ccccc5)c5ccc6ccc7c8ccccc8sc7c6c5)ccc4c3c2)cc1. The molecule has 28 rings (SSSR count). The van der Waals surface area contributed by atoms with E-state index < -0.39 is 0 Å². The molecule has 0 N–H and O–H groups in total. The molecule has 0 amide bonds. The molecular weight excluding hydrogens is 1860 g/mol. The average Bonchev–Trinajstić information content (AvgIpc) is 1.62. The van der Waals surface area contributed by atoms with E-state index in [1.807, 2.05) is 68.0 Å². The summed E-state index contributed by atoms with van der Waals surface area (Å²) < 4.78 is 15.7. The molecule has 28 aromatic rings. The highest BCUT2D eigenvalue weighted by Gasteiger charge is 2.26. The van der Waals surface area contributed by atoms with Gasteiger partial charge in [0.25, 0.3) is 0 Å². The summed E-state index contributed by atoms with van der Waals surface area (Å²) in [6, 6.07) is 185. The maximum Gasteiger partial charge on any atom is 0.0478 e. The fourth-order valence-electron chi connectivity index (χ4n) is 20.9. The minimum absolute atomic E-state index is 1.14. The Hall–Kier alpha value is -16.8. The third kappa shape index (κ3) is 16.3. The lowest BCUT2D eigenvalue weighted by molar-refractivity contribution is 1.29. The van der Waals surface area contributed by atoms with E-state index in [9.17, 15) is 0 Å². The molecule has 0 fully saturated rings. The van der Waals surface area contributed by atoms with Crippen LogP contribution in [0.5, 0.6) is 0 Å². The topological polar surface area (TPSA) is 19.4 Å². The summed E-state index contributed by atoms with van der Waals surface area (Å²) >= 11 is 11.2. The molecule has 684 valence electrons. The van der Waals surface area contributed by atoms with Crippen molar-refractivity contribution in [1.29, 1.82) is 0 Å². The second-order valence-corrected chi connectivity index (χ2v) is 42.8. The van der Waals surface area contributed by atoms with Crippen LogP contribution in [0.15, 0.2) is 510 Å². The van der Waals surface area contributed by atoms with E-state index in [0.29, 0.717) is 0 Å². The molecule has 0 saturated carbocycles. The Bertz CT molecular complexity index is 9530. The Kier molecular flexibility index (Phi) is 22.9. The molecule has 0 saturated heterocycles. The van der Waals surface area contributed by atoms with Gasteiger partial charge in [-0.1, -0.05) is 249 Å². The summed E-state index contributed by atoms with van der Waals surface area (Å²) in [4.78, 5) is 14.2. The second kappa shape index (κ2) is 37.7. The number of benzene rings is 22. The van der Waals surface area contributed by atoms with Crippen molar-refractivity contribution < 1.29 is 0 Å². The van der Waals surface area contributed by atoms with Gasteiger partial charge in [0.2, 0.25) is 0 Å². The molecule has 0 atom stereocenters. The minimum Gasteiger partial charge on any atom is -0.310 e. The highest BCUT2D eigenvalue weighted by molar-refractivity contribution is 7.28. The number of hydrogen-bond donors (Lipinski definition) is 0. The molecule has 0 aliphatic heterocycles. The van der Waals surface area contributed by atoms with Crippen LogP contribution in [0.1, 0.15) is 11.1 Å². The first-order chi connectivity index (χ1) is 71.2. The summed E-state index contributed by atoms with van der Waals surface area (Å²) in [7, 11) is 0. The van der Waals surface area contributed by atoms with E-state index in [4.69, 9.17) is 0 Å². The summed E-state index contributed by atoms with van der Waals surface area (Å²) in [5, 5.41) is 18.2. The van der Waals surface area contributed by atoms with E-state index in [2.05, 4.69) is 553 Å². The highest BCUT2D eigenvalue weighted by atomic mass is 32.1. The van der Waals surface area contributed by atoms with Gasteiger partial charge in [0.05, 0.1) is 0 Å². The molecule has 12 heteroatoms. The van der Waals surface area contributed by atoms with Gasteiger partial charge in [-0.2, -0.15) is 0 Å². The smallest absolute Gasteiger partial charge is 0.0478 e. The van der Waals surface area contributed by atoms with E-state index in [1.54, 1.807) is 0 Å². The molecule has 0 radical (unpaired) electrons. The molecule has 0 unspecified atom stereocenters. The highest BCUT2D eigenvalue weighted by Crippen LogP contribution is 2.53. The lowest BCUT2D eigenvalue weighted by Gasteiger charge is -2.26. The Labute approximate surface area is 858 Å². The van der Waals surface area contributed by atoms with Gasteiger partial charge in [0, 0.05) is 229 Å². The zero-order valence-electron chi connectivity index (χ0n) is 78.6. The first-order valence-electron chi connectivity index (χ1n) is 48.5. The van der Waals surface area contributed by atoms with Gasteiger partial charge in [-0.15, -0.1) is 68.0 Å². The lowest BCUT2D eigenvalue weighted by atomic mass is 10.0. The van der Waals surface area contributed by atoms with Crippen LogP contribution in [0.4, 0.5) is 102 Å². The van der Waals surface area contributed by atoms with Crippen molar-refractivity contribution in [2.75, 3.05) is 29.4 Å². The largest absolute Gasteiger partial charge is 0.310 e. The van der Waals surface area contributed by atoms with Crippen LogP contribution in [-0.4, -0.2) is 0 Å². The average molecular weight is 1950 g/mol. The van der Waals surface area contributed by atoms with Crippen LogP contribution in [0.25, 0.3) is 132 Å². The predicted molar refractivity (Wildman–Crippen MR) is 632 cm³/mol. The van der Waals surface area contributed by atoms with Crippen molar-refractivity contribution >= 4 is 302 Å². The van der Waals surface area contributed by atoms with Crippen molar-refractivity contribution in [2.45, 2.75) is 13.8 Å². The molecule has 6 aromatic heterocycles. The normalized spacial score (nSPS) is 11.5. The van der Waals surface area contributed by atoms with Gasteiger partial charge in [-0.25, -0.2) is 0 Å². The van der Waals surface area contributed by atoms with Crippen LogP contribution < -0.4 is 29.4 Å². The van der Waals surface area contributed by atoms with Crippen LogP contribution in [0, 0.1) is 13.8 Å². The Morgan fingerprint density at radius 3 is 0.688 bits per heavy atom. The molecule has 6 nitrogen and oxygen atoms in total. The number of fused-ring (bicyclic) bond motifs is 20. The van der Waals surface area contributed by atoms with Crippen molar-refractivity contribution in [2.24, 2.45) is 0 Å². The van der Waals surface area contributed by atoms with Gasteiger partial charge in [0.1, 0.15) is 0 Å². The van der Waals surface area contributed by atoms with Crippen molar-refractivity contribution in [3.8, 4) is 0 Å². The first kappa shape index (κ1) is 87.5. The van der Waals surface area contributed by atoms with E-state index in [0.717, 1.165) is 85.3 Å². The number of nitrogens with zero attached hydrogens (tertiary/aromatic N) is 6. The first-order valence-corrected chi connectivity index (χ1v) is 53.4. The third-order valence-corrected chi connectivity index (χ3v) is 34.3. The lowest BCUT2D eigenvalue weighted by Crippen LogP contribution is -2.10. The number of aryl methyl sites for hydroxylation is 2. The standard InChI is InChI=1S/C46H30N2S2.2C43H30N2S2/c1-4-12-32(13-5-1)47(33-14-6-2-7-15-33)36-24-27-44-42(29-36)39-26-23-37(30-45(39)49-44)48(34-16-8-3-9-17-34)35-22-20-31-21-25-40-38-18-10-11-19-43(38)50-46(40)41(31)28-35;1-29-25-35(45(32-17-9-4-10-18-32)34-21-23-37-36-19-11-12-20-39(36)46-41(37)27-34)28-42-43(29)38-26-33(22-24-40(38)47-42)44(30-13-5-2-6-14-30)31-15-7-3-8-16-31;1-29-25-35(45(32-17-9-4-10-18-32)33-21-23-40-37(26-33)36-19-11-12-20-39(36)46-40)28-42-43(29)38-27-34(22-24-41(38)47-42)44(30-13-5-2-6-14-30)31-15-7-3-8-16-31/h1-30H;2*2-28H,1H3. The van der Waals surface area contributed by atoms with Crippen molar-refractivity contribution in [3.05, 3.63) is 521 Å². The molecule has 6 heterocycles. The molecule has 0 bridgehead atoms. The summed E-state index contributed by atoms with van der Waals surface area (Å²) in [6.45, 7) is 4.52. The molecule has 0 aliphatic carbocycles. The predicted octanol–water partition coefficient (Wildman–Crippen LogP) is 41.9. The zero-order chi connectivity index (χ0) is 95.7. The van der Waals surface area contributed by atoms with E-state index >= 15 is 0 Å². The number of thiophene rings is 6. The molecule has 0 aliphatic rings. The number of anilines is 18. The van der Waals surface area contributed by atoms with Gasteiger partial charge in [-0.3, -0.25) is 0 Å². The minimum atomic E-state index is 1.14. The van der Waals surface area contributed by atoms with Crippen molar-refractivity contribution in [1.82, 2.24) is 0 Å². The monoisotopic (exact) mass is 1950 g/mol. The van der Waals surface area contributed by atoms with Crippen LogP contribution >= 0.6 is 68.0 Å². The molecular formula is C132H90N6S6. The van der Waals surface area contributed by atoms with E-state index in [-0.39, 0.29) is 0 Å². The fraction of sp³-hybridized carbons (Fsp3) is 0.0152. The van der Waals surface area contributed by atoms with Gasteiger partial charge in [-0.05, 0) is 291 Å². The maximum absolute atomic E-state index is 2.40. The fourth-order valence-corrected chi connectivity index (χ4v) is 27.9. The van der Waals surface area contributed by atoms with Crippen LogP contribution in [0.3, 0.4) is 0 Å². The summed E-state index contributed by atoms with van der Waals surface area (Å²) in [6.07, 6.45) is 0. The van der Waals surface area contributed by atoms with Crippen LogP contribution in [0.2, 0.25) is 0 Å². The number of para-hydroxylation sites is 9. The van der Waals surface area contributed by atoms with Gasteiger partial charge < -0.3 is 29.4 Å². The number of hydrogen-bond acceptors (Lipinski definition) is 12.